The van der Waals surface area contributed by atoms with E-state index in [-0.39, 0.29) is 37.1 Å². The summed E-state index contributed by atoms with van der Waals surface area (Å²) >= 11 is 0. The summed E-state index contributed by atoms with van der Waals surface area (Å²) < 4.78 is 41.3. The molecule has 1 N–H and O–H groups in total. The topological polar surface area (TPSA) is 108 Å². The molecule has 13 heteroatoms. The third-order valence-electron chi connectivity index (χ3n) is 10.1. The molecular formula is C42H60N3O8PSi. The first-order chi connectivity index (χ1) is 26.2. The Morgan fingerprint density at radius 1 is 0.873 bits per heavy atom. The maximum absolute atomic E-state index is 13.3. The number of benzene rings is 3. The van der Waals surface area contributed by atoms with Crippen LogP contribution in [0.25, 0.3) is 0 Å². The van der Waals surface area contributed by atoms with Crippen LogP contribution in [0.2, 0.25) is 25.7 Å². The first kappa shape index (κ1) is 42.8. The molecule has 5 atom stereocenters. The van der Waals surface area contributed by atoms with E-state index >= 15 is 0 Å². The van der Waals surface area contributed by atoms with E-state index in [4.69, 9.17) is 28.0 Å². The van der Waals surface area contributed by atoms with Gasteiger partial charge in [0.1, 0.15) is 29.4 Å². The van der Waals surface area contributed by atoms with E-state index in [0.717, 1.165) is 34.2 Å². The fraction of sp³-hybridized carbons (Fsp3) is 0.524. The zero-order valence-electron chi connectivity index (χ0n) is 34.1. The van der Waals surface area contributed by atoms with E-state index in [1.165, 1.54) is 0 Å². The molecule has 3 amide bonds. The van der Waals surface area contributed by atoms with Gasteiger partial charge in [-0.2, -0.15) is 0 Å². The Balaban J connectivity index is 1.56. The molecule has 55 heavy (non-hydrogen) atoms. The van der Waals surface area contributed by atoms with Crippen LogP contribution in [-0.2, 0) is 28.9 Å². The van der Waals surface area contributed by atoms with Gasteiger partial charge in [0.2, 0.25) is 5.91 Å². The van der Waals surface area contributed by atoms with Gasteiger partial charge in [-0.15, -0.1) is 0 Å². The lowest BCUT2D eigenvalue weighted by Crippen LogP contribution is -2.57. The van der Waals surface area contributed by atoms with Gasteiger partial charge in [-0.25, -0.2) is 9.46 Å². The van der Waals surface area contributed by atoms with Gasteiger partial charge in [-0.05, 0) is 74.7 Å². The molecule has 0 aliphatic carbocycles. The number of methoxy groups -OCH3 is 2. The lowest BCUT2D eigenvalue weighted by molar-refractivity contribution is -0.130. The number of hydrogen-bond acceptors (Lipinski definition) is 9. The predicted octanol–water partition coefficient (Wildman–Crippen LogP) is 8.40. The monoisotopic (exact) mass is 793 g/mol. The van der Waals surface area contributed by atoms with Gasteiger partial charge in [0.25, 0.3) is 8.53 Å². The van der Waals surface area contributed by atoms with Gasteiger partial charge >= 0.3 is 6.03 Å². The molecule has 2 aliphatic heterocycles. The highest BCUT2D eigenvalue weighted by Gasteiger charge is 2.47. The van der Waals surface area contributed by atoms with Crippen molar-refractivity contribution in [1.82, 2.24) is 14.9 Å². The third kappa shape index (κ3) is 10.3. The number of amides is 3. The summed E-state index contributed by atoms with van der Waals surface area (Å²) in [6.45, 7) is 18.4. The van der Waals surface area contributed by atoms with Crippen molar-refractivity contribution in [3.63, 3.8) is 0 Å². The quantitative estimate of drug-likeness (QED) is 0.0772. The van der Waals surface area contributed by atoms with Crippen molar-refractivity contribution in [3.8, 4) is 11.5 Å². The molecule has 0 bridgehead atoms. The van der Waals surface area contributed by atoms with E-state index in [1.54, 1.807) is 19.1 Å². The second-order valence-electron chi connectivity index (χ2n) is 16.1. The number of carbonyl (C=O) groups is 2. The lowest BCUT2D eigenvalue weighted by atomic mass is 9.80. The summed E-state index contributed by atoms with van der Waals surface area (Å²) in [5, 5.41) is 2.51. The zero-order valence-corrected chi connectivity index (χ0v) is 36.0. The summed E-state index contributed by atoms with van der Waals surface area (Å²) in [6, 6.07) is 26.8. The molecule has 11 nitrogen and oxygen atoms in total. The highest BCUT2D eigenvalue weighted by molar-refractivity contribution is 7.44. The van der Waals surface area contributed by atoms with Gasteiger partial charge in [0, 0.05) is 33.1 Å². The molecule has 300 valence electrons. The molecule has 2 saturated heterocycles. The molecule has 2 heterocycles. The molecule has 0 saturated carbocycles. The smallest absolute Gasteiger partial charge is 0.326 e. The first-order valence-electron chi connectivity index (χ1n) is 19.3. The minimum Gasteiger partial charge on any atom is -0.497 e. The Labute approximate surface area is 329 Å². The zero-order chi connectivity index (χ0) is 39.9. The van der Waals surface area contributed by atoms with Crippen molar-refractivity contribution in [2.24, 2.45) is 5.92 Å². The Morgan fingerprint density at radius 2 is 1.42 bits per heavy atom. The van der Waals surface area contributed by atoms with Crippen LogP contribution in [0.15, 0.2) is 78.9 Å². The fourth-order valence-electron chi connectivity index (χ4n) is 7.12. The van der Waals surface area contributed by atoms with Crippen LogP contribution in [0.5, 0.6) is 11.5 Å². The molecule has 2 unspecified atom stereocenters. The Bertz CT molecular complexity index is 1630. The van der Waals surface area contributed by atoms with E-state index in [0.29, 0.717) is 13.0 Å². The van der Waals surface area contributed by atoms with Gasteiger partial charge in [0.05, 0.1) is 39.5 Å². The van der Waals surface area contributed by atoms with Crippen LogP contribution < -0.4 is 14.8 Å². The fourth-order valence-corrected chi connectivity index (χ4v) is 9.76. The predicted molar refractivity (Wildman–Crippen MR) is 219 cm³/mol. The summed E-state index contributed by atoms with van der Waals surface area (Å²) in [7, 11) is 0.383. The minimum atomic E-state index is -1.52. The number of carbonyl (C=O) groups excluding carboxylic acids is 2. The average Bonchev–Trinajstić information content (AvgIpc) is 3.55. The normalized spacial score (nSPS) is 21.4. The van der Waals surface area contributed by atoms with Crippen molar-refractivity contribution in [3.05, 3.63) is 95.6 Å². The molecule has 2 aliphatic rings. The first-order valence-corrected chi connectivity index (χ1v) is 24.1. The molecule has 2 fully saturated rings. The minimum absolute atomic E-state index is 0.111. The molecule has 3 aromatic carbocycles. The second-order valence-corrected chi connectivity index (χ2v) is 23.1. The number of rotatable bonds is 18. The lowest BCUT2D eigenvalue weighted by Gasteiger charge is -2.39. The molecule has 0 spiro atoms. The van der Waals surface area contributed by atoms with Crippen LogP contribution in [0.3, 0.4) is 0 Å². The van der Waals surface area contributed by atoms with Crippen molar-refractivity contribution >= 4 is 28.5 Å². The Kier molecular flexibility index (Phi) is 14.6. The maximum atomic E-state index is 13.3. The van der Waals surface area contributed by atoms with E-state index in [9.17, 15) is 9.59 Å². The average molecular weight is 794 g/mol. The number of nitrogens with zero attached hydrogens (tertiary/aromatic N) is 2. The summed E-state index contributed by atoms with van der Waals surface area (Å²) in [5.41, 5.74) is 1.61. The standard InChI is InChI=1S/C42H60N3O8PSi/c1-29(2)45(30(3)4)54(51-24-25-55(8,9)10)53-37-26-39(44-27-31(5)40(46)43-41(44)47)52-38(37)28-50-42(32-14-12-11-13-15-32,33-16-20-35(48-6)21-17-33)34-18-22-36(49-7)23-19-34/h11-23,29-31,37-39H,24-28H2,1-10H3,(H,43,46,47)/t31?,37-,38+,39+,54?/m0/s1. The number of ether oxygens (including phenoxy) is 4. The summed E-state index contributed by atoms with van der Waals surface area (Å²) in [4.78, 5) is 27.3. The number of hydrogen-bond donors (Lipinski definition) is 1. The van der Waals surface area contributed by atoms with Crippen molar-refractivity contribution in [2.75, 3.05) is 34.0 Å². The van der Waals surface area contributed by atoms with Crippen LogP contribution in [0, 0.1) is 5.92 Å². The van der Waals surface area contributed by atoms with E-state index in [1.807, 2.05) is 73.7 Å². The Morgan fingerprint density at radius 3 is 1.93 bits per heavy atom. The maximum Gasteiger partial charge on any atom is 0.326 e. The summed E-state index contributed by atoms with van der Waals surface area (Å²) in [5.74, 6) is 0.782. The SMILES string of the molecule is COc1ccc(C(OC[C@H]2O[C@@H](N3CC(C)C(=O)NC3=O)C[C@@H]2OP(OCC[Si](C)(C)C)N(C(C)C)C(C)C)(c2ccccc2)c2ccc(OC)cc2)cc1. The van der Waals surface area contributed by atoms with Gasteiger partial charge in [0.15, 0.2) is 0 Å². The number of nitrogens with one attached hydrogen (secondary N) is 1. The van der Waals surface area contributed by atoms with Crippen LogP contribution in [0.4, 0.5) is 4.79 Å². The molecule has 0 radical (unpaired) electrons. The molecular weight excluding hydrogens is 734 g/mol. The van der Waals surface area contributed by atoms with E-state index in [2.05, 4.69) is 69.5 Å². The largest absolute Gasteiger partial charge is 0.497 e. The van der Waals surface area contributed by atoms with Crippen LogP contribution in [-0.4, -0.2) is 94.1 Å². The van der Waals surface area contributed by atoms with Crippen molar-refractivity contribution in [1.29, 1.82) is 0 Å². The third-order valence-corrected chi connectivity index (χ3v) is 14.0. The Hall–Kier alpha value is -3.35. The summed E-state index contributed by atoms with van der Waals surface area (Å²) in [6.07, 6.45) is -1.36. The number of imide groups is 1. The van der Waals surface area contributed by atoms with Gasteiger partial charge in [-0.3, -0.25) is 15.0 Å². The van der Waals surface area contributed by atoms with E-state index < -0.39 is 46.7 Å². The molecule has 0 aromatic heterocycles. The molecule has 3 aromatic rings. The van der Waals surface area contributed by atoms with Gasteiger partial charge in [-0.1, -0.05) is 81.2 Å². The van der Waals surface area contributed by atoms with Crippen molar-refractivity contribution < 1.29 is 37.6 Å². The van der Waals surface area contributed by atoms with Crippen LogP contribution in [0.1, 0.15) is 57.7 Å². The highest BCUT2D eigenvalue weighted by atomic mass is 31.2. The highest BCUT2D eigenvalue weighted by Crippen LogP contribution is 2.50. The van der Waals surface area contributed by atoms with Gasteiger partial charge < -0.3 is 28.0 Å². The number of urea groups is 1. The molecule has 5 rings (SSSR count). The second kappa shape index (κ2) is 18.7. The van der Waals surface area contributed by atoms with Crippen molar-refractivity contribution in [2.45, 2.75) is 103 Å². The van der Waals surface area contributed by atoms with Crippen LogP contribution >= 0.6 is 8.53 Å².